The van der Waals surface area contributed by atoms with Gasteiger partial charge in [-0.25, -0.2) is 4.79 Å². The first-order valence-electron chi connectivity index (χ1n) is 9.01. The van der Waals surface area contributed by atoms with Gasteiger partial charge in [-0.3, -0.25) is 0 Å². The van der Waals surface area contributed by atoms with E-state index < -0.39 is 0 Å². The van der Waals surface area contributed by atoms with E-state index in [-0.39, 0.29) is 24.1 Å². The fourth-order valence-electron chi connectivity index (χ4n) is 4.24. The molecule has 2 amide bonds. The minimum Gasteiger partial charge on any atom is -0.393 e. The summed E-state index contributed by atoms with van der Waals surface area (Å²) in [6, 6.07) is 6.20. The largest absolute Gasteiger partial charge is 0.393 e. The Morgan fingerprint density at radius 2 is 2.04 bits per heavy atom. The summed E-state index contributed by atoms with van der Waals surface area (Å²) < 4.78 is 0. The third-order valence-corrected chi connectivity index (χ3v) is 6.46. The number of likely N-dealkylation sites (tertiary alicyclic amines) is 1. The summed E-state index contributed by atoms with van der Waals surface area (Å²) in [5.41, 5.74) is 2.01. The van der Waals surface area contributed by atoms with Crippen LogP contribution in [0.15, 0.2) is 23.1 Å². The van der Waals surface area contributed by atoms with Gasteiger partial charge in [0.2, 0.25) is 0 Å². The lowest BCUT2D eigenvalue weighted by Crippen LogP contribution is -2.46. The Bertz CT molecular complexity index is 593. The van der Waals surface area contributed by atoms with Gasteiger partial charge in [-0.2, -0.15) is 0 Å². The molecule has 2 aliphatic rings. The number of thioether (sulfide) groups is 1. The molecule has 1 aliphatic heterocycles. The van der Waals surface area contributed by atoms with Crippen LogP contribution >= 0.6 is 11.8 Å². The third-order valence-electron chi connectivity index (χ3n) is 5.58. The number of anilines is 1. The number of carbonyl (C=O) groups excluding carboxylic acids is 1. The summed E-state index contributed by atoms with van der Waals surface area (Å²) in [6.45, 7) is 2.84. The highest BCUT2D eigenvalue weighted by atomic mass is 32.2. The molecule has 3 atom stereocenters. The molecule has 0 spiro atoms. The first kappa shape index (κ1) is 17.6. The van der Waals surface area contributed by atoms with Crippen molar-refractivity contribution in [3.05, 3.63) is 23.8 Å². The van der Waals surface area contributed by atoms with Crippen molar-refractivity contribution in [2.75, 3.05) is 18.1 Å². The normalized spacial score (nSPS) is 27.3. The molecule has 1 aromatic rings. The Kier molecular flexibility index (Phi) is 5.72. The molecule has 1 saturated carbocycles. The first-order valence-corrected chi connectivity index (χ1v) is 10.2. The third kappa shape index (κ3) is 3.57. The topological polar surface area (TPSA) is 52.6 Å². The van der Waals surface area contributed by atoms with E-state index >= 15 is 0 Å². The maximum Gasteiger partial charge on any atom is 0.322 e. The lowest BCUT2D eigenvalue weighted by molar-refractivity contribution is 0.0320. The molecule has 24 heavy (non-hydrogen) atoms. The van der Waals surface area contributed by atoms with Crippen LogP contribution in [0, 0.1) is 12.8 Å². The van der Waals surface area contributed by atoms with E-state index in [2.05, 4.69) is 17.6 Å². The highest BCUT2D eigenvalue weighted by molar-refractivity contribution is 7.98. The van der Waals surface area contributed by atoms with Gasteiger partial charge in [0.25, 0.3) is 0 Å². The fourth-order valence-corrected chi connectivity index (χ4v) is 4.87. The van der Waals surface area contributed by atoms with E-state index in [9.17, 15) is 9.90 Å². The molecule has 1 aliphatic carbocycles. The molecule has 0 bridgehead atoms. The predicted molar refractivity (Wildman–Crippen MR) is 99.7 cm³/mol. The van der Waals surface area contributed by atoms with Crippen LogP contribution in [0.4, 0.5) is 10.5 Å². The molecular weight excluding hydrogens is 320 g/mol. The number of urea groups is 1. The summed E-state index contributed by atoms with van der Waals surface area (Å²) in [4.78, 5) is 16.0. The summed E-state index contributed by atoms with van der Waals surface area (Å²) in [5, 5.41) is 13.5. The van der Waals surface area contributed by atoms with E-state index in [0.717, 1.165) is 49.9 Å². The number of nitrogens with zero attached hydrogens (tertiary/aromatic N) is 1. The Hall–Kier alpha value is -1.20. The van der Waals surface area contributed by atoms with E-state index in [1.165, 1.54) is 11.3 Å². The van der Waals surface area contributed by atoms with E-state index in [0.29, 0.717) is 0 Å². The fraction of sp³-hybridized carbons (Fsp3) is 0.632. The Morgan fingerprint density at radius 3 is 2.79 bits per heavy atom. The molecule has 3 unspecified atom stereocenters. The standard InChI is InChI=1S/C19H28N2O2S/c1-13-15(8-5-11-18(13)24-2)20-19(23)21-12-6-9-16(21)14-7-3-4-10-17(14)22/h5,8,11,14,16-17,22H,3-4,6-7,9-10,12H2,1-2H3,(H,20,23). The quantitative estimate of drug-likeness (QED) is 0.802. The average molecular weight is 349 g/mol. The lowest BCUT2D eigenvalue weighted by Gasteiger charge is -2.37. The van der Waals surface area contributed by atoms with Crippen molar-refractivity contribution in [3.8, 4) is 0 Å². The van der Waals surface area contributed by atoms with Gasteiger partial charge in [-0.1, -0.05) is 18.9 Å². The number of aliphatic hydroxyl groups excluding tert-OH is 1. The molecule has 4 nitrogen and oxygen atoms in total. The van der Waals surface area contributed by atoms with Gasteiger partial charge >= 0.3 is 6.03 Å². The molecule has 0 radical (unpaired) electrons. The second-order valence-electron chi connectivity index (χ2n) is 6.98. The second kappa shape index (κ2) is 7.79. The number of hydrogen-bond acceptors (Lipinski definition) is 3. The number of nitrogens with one attached hydrogen (secondary N) is 1. The SMILES string of the molecule is CSc1cccc(NC(=O)N2CCCC2C2CCCCC2O)c1C. The minimum atomic E-state index is -0.251. The van der Waals surface area contributed by atoms with Crippen molar-refractivity contribution >= 4 is 23.5 Å². The zero-order chi connectivity index (χ0) is 17.1. The molecule has 3 rings (SSSR count). The van der Waals surface area contributed by atoms with Gasteiger partial charge in [-0.05, 0) is 56.6 Å². The maximum atomic E-state index is 12.9. The van der Waals surface area contributed by atoms with Gasteiger partial charge in [0.15, 0.2) is 0 Å². The zero-order valence-corrected chi connectivity index (χ0v) is 15.4. The second-order valence-corrected chi connectivity index (χ2v) is 7.83. The first-order chi connectivity index (χ1) is 11.6. The number of rotatable bonds is 3. The summed E-state index contributed by atoms with van der Waals surface area (Å²) in [5.74, 6) is 0.241. The van der Waals surface area contributed by atoms with E-state index in [1.54, 1.807) is 11.8 Å². The average Bonchev–Trinajstić information content (AvgIpc) is 3.06. The van der Waals surface area contributed by atoms with Crippen LogP contribution in [-0.2, 0) is 0 Å². The van der Waals surface area contributed by atoms with Crippen molar-refractivity contribution in [3.63, 3.8) is 0 Å². The molecular formula is C19H28N2O2S. The number of hydrogen-bond donors (Lipinski definition) is 2. The Balaban J connectivity index is 1.72. The van der Waals surface area contributed by atoms with Gasteiger partial charge in [0.1, 0.15) is 0 Å². The molecule has 1 heterocycles. The van der Waals surface area contributed by atoms with Crippen molar-refractivity contribution in [1.29, 1.82) is 0 Å². The summed E-state index contributed by atoms with van der Waals surface area (Å²) in [6.07, 6.45) is 8.04. The van der Waals surface area contributed by atoms with E-state index in [4.69, 9.17) is 0 Å². The van der Waals surface area contributed by atoms with Gasteiger partial charge in [0.05, 0.1) is 6.10 Å². The van der Waals surface area contributed by atoms with Gasteiger partial charge < -0.3 is 15.3 Å². The lowest BCUT2D eigenvalue weighted by atomic mass is 9.80. The molecule has 2 N–H and O–H groups in total. The maximum absolute atomic E-state index is 12.9. The minimum absolute atomic E-state index is 0.0170. The molecule has 1 aromatic carbocycles. The molecule has 0 aromatic heterocycles. The molecule has 1 saturated heterocycles. The van der Waals surface area contributed by atoms with E-state index in [1.807, 2.05) is 24.0 Å². The monoisotopic (exact) mass is 348 g/mol. The van der Waals surface area contributed by atoms with Crippen LogP contribution < -0.4 is 5.32 Å². The van der Waals surface area contributed by atoms with Crippen molar-refractivity contribution < 1.29 is 9.90 Å². The molecule has 5 heteroatoms. The van der Waals surface area contributed by atoms with Crippen molar-refractivity contribution in [2.24, 2.45) is 5.92 Å². The Labute approximate surface area is 149 Å². The van der Waals surface area contributed by atoms with Crippen molar-refractivity contribution in [1.82, 2.24) is 4.90 Å². The zero-order valence-electron chi connectivity index (χ0n) is 14.6. The highest BCUT2D eigenvalue weighted by Crippen LogP contribution is 2.35. The molecule has 132 valence electrons. The summed E-state index contributed by atoms with van der Waals surface area (Å²) in [7, 11) is 0. The van der Waals surface area contributed by atoms with Crippen LogP contribution in [0.3, 0.4) is 0 Å². The van der Waals surface area contributed by atoms with Crippen LogP contribution in [-0.4, -0.2) is 41.0 Å². The Morgan fingerprint density at radius 1 is 1.25 bits per heavy atom. The van der Waals surface area contributed by atoms with Crippen LogP contribution in [0.1, 0.15) is 44.1 Å². The number of carbonyl (C=O) groups is 1. The van der Waals surface area contributed by atoms with Crippen LogP contribution in [0.5, 0.6) is 0 Å². The van der Waals surface area contributed by atoms with Crippen molar-refractivity contribution in [2.45, 2.75) is 62.5 Å². The summed E-state index contributed by atoms with van der Waals surface area (Å²) >= 11 is 1.69. The molecule has 2 fully saturated rings. The number of benzene rings is 1. The van der Waals surface area contributed by atoms with Gasteiger partial charge in [-0.15, -0.1) is 11.8 Å². The van der Waals surface area contributed by atoms with Gasteiger partial charge in [0, 0.05) is 29.1 Å². The van der Waals surface area contributed by atoms with Crippen LogP contribution in [0.25, 0.3) is 0 Å². The smallest absolute Gasteiger partial charge is 0.322 e. The number of amides is 2. The van der Waals surface area contributed by atoms with Crippen LogP contribution in [0.2, 0.25) is 0 Å². The number of aliphatic hydroxyl groups is 1. The predicted octanol–water partition coefficient (Wildman–Crippen LogP) is 4.26. The highest BCUT2D eigenvalue weighted by Gasteiger charge is 2.39.